The summed E-state index contributed by atoms with van der Waals surface area (Å²) >= 11 is 0. The SMILES string of the molecule is CC1Cc2ccccc2N1C(=O)c1ccc(NC2CCCCCC2)cn1. The molecule has 0 spiro atoms. The highest BCUT2D eigenvalue weighted by Gasteiger charge is 2.31. The van der Waals surface area contributed by atoms with E-state index in [2.05, 4.69) is 23.3 Å². The van der Waals surface area contributed by atoms with Gasteiger partial charge in [-0.1, -0.05) is 43.9 Å². The Morgan fingerprint density at radius 1 is 1.08 bits per heavy atom. The van der Waals surface area contributed by atoms with Gasteiger partial charge in [0.2, 0.25) is 0 Å². The lowest BCUT2D eigenvalue weighted by Crippen LogP contribution is -2.36. The second kappa shape index (κ2) is 7.48. The van der Waals surface area contributed by atoms with Crippen LogP contribution < -0.4 is 10.2 Å². The summed E-state index contributed by atoms with van der Waals surface area (Å²) in [5.74, 6) is -0.0107. The van der Waals surface area contributed by atoms with Gasteiger partial charge >= 0.3 is 0 Å². The third-order valence-corrected chi connectivity index (χ3v) is 5.63. The minimum atomic E-state index is -0.0107. The Balaban J connectivity index is 1.47. The standard InChI is InChI=1S/C22H27N3O/c1-16-14-17-8-6-7-11-21(17)25(16)22(26)20-13-12-19(15-23-20)24-18-9-4-2-3-5-10-18/h6-8,11-13,15-16,18,24H,2-5,9-10,14H2,1H3. The Bertz CT molecular complexity index is 763. The van der Waals surface area contributed by atoms with Gasteiger partial charge in [0.1, 0.15) is 5.69 Å². The number of anilines is 2. The molecule has 4 nitrogen and oxygen atoms in total. The van der Waals surface area contributed by atoms with Crippen LogP contribution in [0.4, 0.5) is 11.4 Å². The molecule has 26 heavy (non-hydrogen) atoms. The predicted octanol–water partition coefficient (Wildman–Crippen LogP) is 4.81. The summed E-state index contributed by atoms with van der Waals surface area (Å²) in [4.78, 5) is 19.4. The van der Waals surface area contributed by atoms with Crippen LogP contribution in [0, 0.1) is 0 Å². The Labute approximate surface area is 155 Å². The molecule has 4 rings (SSSR count). The molecule has 1 N–H and O–H groups in total. The topological polar surface area (TPSA) is 45.2 Å². The number of nitrogens with one attached hydrogen (secondary N) is 1. The molecule has 0 bridgehead atoms. The van der Waals surface area contributed by atoms with Crippen molar-refractivity contribution < 1.29 is 4.79 Å². The zero-order valence-corrected chi connectivity index (χ0v) is 15.4. The van der Waals surface area contributed by atoms with Crippen LogP contribution in [-0.2, 0) is 6.42 Å². The molecule has 1 fully saturated rings. The third kappa shape index (κ3) is 3.46. The number of rotatable bonds is 3. The third-order valence-electron chi connectivity index (χ3n) is 5.63. The first kappa shape index (κ1) is 17.1. The summed E-state index contributed by atoms with van der Waals surface area (Å²) in [7, 11) is 0. The molecule has 1 aliphatic carbocycles. The number of carbonyl (C=O) groups is 1. The van der Waals surface area contributed by atoms with Crippen molar-refractivity contribution in [2.75, 3.05) is 10.2 Å². The van der Waals surface area contributed by atoms with Gasteiger partial charge in [-0.3, -0.25) is 4.79 Å². The zero-order valence-electron chi connectivity index (χ0n) is 15.4. The monoisotopic (exact) mass is 349 g/mol. The van der Waals surface area contributed by atoms with Crippen LogP contribution in [0.2, 0.25) is 0 Å². The van der Waals surface area contributed by atoms with Crippen LogP contribution in [0.3, 0.4) is 0 Å². The number of amides is 1. The smallest absolute Gasteiger partial charge is 0.277 e. The van der Waals surface area contributed by atoms with Gasteiger partial charge in [0.15, 0.2) is 0 Å². The van der Waals surface area contributed by atoms with Gasteiger partial charge in [-0.15, -0.1) is 0 Å². The maximum Gasteiger partial charge on any atom is 0.277 e. The lowest BCUT2D eigenvalue weighted by Gasteiger charge is -2.22. The minimum absolute atomic E-state index is 0.0107. The van der Waals surface area contributed by atoms with Gasteiger partial charge in [0.25, 0.3) is 5.91 Å². The largest absolute Gasteiger partial charge is 0.381 e. The molecule has 136 valence electrons. The minimum Gasteiger partial charge on any atom is -0.381 e. The summed E-state index contributed by atoms with van der Waals surface area (Å²) in [5, 5.41) is 3.59. The summed E-state index contributed by atoms with van der Waals surface area (Å²) < 4.78 is 0. The molecule has 1 aromatic heterocycles. The van der Waals surface area contributed by atoms with Crippen molar-refractivity contribution in [1.82, 2.24) is 4.98 Å². The van der Waals surface area contributed by atoms with E-state index in [-0.39, 0.29) is 11.9 Å². The quantitative estimate of drug-likeness (QED) is 0.809. The molecule has 2 heterocycles. The van der Waals surface area contributed by atoms with Gasteiger partial charge in [-0.05, 0) is 49.9 Å². The van der Waals surface area contributed by atoms with Crippen LogP contribution in [0.5, 0.6) is 0 Å². The fraction of sp³-hybridized carbons (Fsp3) is 0.455. The molecule has 1 aliphatic heterocycles. The molecule has 0 saturated heterocycles. The normalized spacial score (nSPS) is 20.5. The first-order chi connectivity index (χ1) is 12.7. The number of para-hydroxylation sites is 1. The number of nitrogens with zero attached hydrogens (tertiary/aromatic N) is 2. The van der Waals surface area contributed by atoms with Crippen LogP contribution in [0.1, 0.15) is 61.5 Å². The predicted molar refractivity (Wildman–Crippen MR) is 106 cm³/mol. The Morgan fingerprint density at radius 3 is 2.58 bits per heavy atom. The number of carbonyl (C=O) groups excluding carboxylic acids is 1. The van der Waals surface area contributed by atoms with Crippen molar-refractivity contribution >= 4 is 17.3 Å². The highest BCUT2D eigenvalue weighted by atomic mass is 16.2. The van der Waals surface area contributed by atoms with E-state index in [1.165, 1.54) is 44.1 Å². The maximum absolute atomic E-state index is 13.0. The number of hydrogen-bond acceptors (Lipinski definition) is 3. The van der Waals surface area contributed by atoms with Gasteiger partial charge in [0.05, 0.1) is 11.9 Å². The van der Waals surface area contributed by atoms with Crippen LogP contribution in [0.25, 0.3) is 0 Å². The number of hydrogen-bond donors (Lipinski definition) is 1. The molecule has 2 aliphatic rings. The number of benzene rings is 1. The van der Waals surface area contributed by atoms with E-state index in [1.54, 1.807) is 0 Å². The first-order valence-electron chi connectivity index (χ1n) is 9.86. The van der Waals surface area contributed by atoms with Gasteiger partial charge in [-0.25, -0.2) is 4.98 Å². The van der Waals surface area contributed by atoms with Crippen molar-refractivity contribution in [3.63, 3.8) is 0 Å². The summed E-state index contributed by atoms with van der Waals surface area (Å²) in [6.07, 6.45) is 10.5. The Morgan fingerprint density at radius 2 is 1.85 bits per heavy atom. The average molecular weight is 349 g/mol. The summed E-state index contributed by atoms with van der Waals surface area (Å²) in [6.45, 7) is 2.10. The van der Waals surface area contributed by atoms with E-state index in [9.17, 15) is 4.79 Å². The van der Waals surface area contributed by atoms with Crippen LogP contribution in [0.15, 0.2) is 42.6 Å². The molecule has 4 heteroatoms. The lowest BCUT2D eigenvalue weighted by atomic mass is 10.1. The molecule has 2 aromatic rings. The molecule has 1 aromatic carbocycles. The van der Waals surface area contributed by atoms with E-state index in [0.29, 0.717) is 11.7 Å². The second-order valence-corrected chi connectivity index (χ2v) is 7.62. The molecular formula is C22H27N3O. The molecule has 1 unspecified atom stereocenters. The molecule has 1 amide bonds. The van der Waals surface area contributed by atoms with Crippen LogP contribution in [-0.4, -0.2) is 23.0 Å². The van der Waals surface area contributed by atoms with Crippen LogP contribution >= 0.6 is 0 Å². The lowest BCUT2D eigenvalue weighted by molar-refractivity contribution is 0.0976. The van der Waals surface area contributed by atoms with Crippen molar-refractivity contribution in [2.45, 2.75) is 64.0 Å². The fourth-order valence-electron chi connectivity index (χ4n) is 4.26. The zero-order chi connectivity index (χ0) is 17.9. The van der Waals surface area contributed by atoms with Crippen molar-refractivity contribution in [2.24, 2.45) is 0 Å². The average Bonchev–Trinajstić information content (AvgIpc) is 2.81. The van der Waals surface area contributed by atoms with Crippen molar-refractivity contribution in [3.05, 3.63) is 53.9 Å². The first-order valence-corrected chi connectivity index (χ1v) is 9.86. The highest BCUT2D eigenvalue weighted by molar-refractivity contribution is 6.06. The molecular weight excluding hydrogens is 322 g/mol. The maximum atomic E-state index is 13.0. The molecule has 1 atom stereocenters. The van der Waals surface area contributed by atoms with E-state index in [0.717, 1.165) is 17.8 Å². The van der Waals surface area contributed by atoms with Crippen molar-refractivity contribution in [1.29, 1.82) is 0 Å². The number of pyridine rings is 1. The van der Waals surface area contributed by atoms with Gasteiger partial charge in [0, 0.05) is 17.8 Å². The second-order valence-electron chi connectivity index (χ2n) is 7.62. The van der Waals surface area contributed by atoms with Gasteiger partial charge in [-0.2, -0.15) is 0 Å². The fourth-order valence-corrected chi connectivity index (χ4v) is 4.26. The number of fused-ring (bicyclic) bond motifs is 1. The summed E-state index contributed by atoms with van der Waals surface area (Å²) in [5.41, 5.74) is 3.79. The molecule has 0 radical (unpaired) electrons. The van der Waals surface area contributed by atoms with E-state index in [1.807, 2.05) is 41.4 Å². The van der Waals surface area contributed by atoms with E-state index < -0.39 is 0 Å². The number of aromatic nitrogens is 1. The van der Waals surface area contributed by atoms with E-state index in [4.69, 9.17) is 0 Å². The van der Waals surface area contributed by atoms with Gasteiger partial charge < -0.3 is 10.2 Å². The Kier molecular flexibility index (Phi) is 4.91. The summed E-state index contributed by atoms with van der Waals surface area (Å²) in [6, 6.07) is 12.7. The highest BCUT2D eigenvalue weighted by Crippen LogP contribution is 2.33. The van der Waals surface area contributed by atoms with E-state index >= 15 is 0 Å². The van der Waals surface area contributed by atoms with Crippen molar-refractivity contribution in [3.8, 4) is 0 Å². The molecule has 1 saturated carbocycles. The Hall–Kier alpha value is -2.36.